The number of likely N-dealkylation sites (tertiary alicyclic amines) is 1. The van der Waals surface area contributed by atoms with Crippen LogP contribution < -0.4 is 16.0 Å². The molecular formula is C17H24N4O3. The lowest BCUT2D eigenvalue weighted by molar-refractivity contribution is -0.126. The lowest BCUT2D eigenvalue weighted by atomic mass is 10.2. The molecule has 1 unspecified atom stereocenters. The second kappa shape index (κ2) is 8.12. The average molecular weight is 332 g/mol. The van der Waals surface area contributed by atoms with Gasteiger partial charge in [-0.2, -0.15) is 0 Å². The van der Waals surface area contributed by atoms with Crippen LogP contribution >= 0.6 is 0 Å². The normalized spacial score (nSPS) is 20.7. The minimum atomic E-state index is -0.295. The van der Waals surface area contributed by atoms with E-state index in [4.69, 9.17) is 4.74 Å². The van der Waals surface area contributed by atoms with Crippen molar-refractivity contribution in [3.63, 3.8) is 0 Å². The summed E-state index contributed by atoms with van der Waals surface area (Å²) in [4.78, 5) is 26.0. The molecule has 3 rings (SSSR count). The maximum Gasteiger partial charge on any atom is 0.321 e. The minimum absolute atomic E-state index is 0.0581. The number of nitrogens with zero attached hydrogens (tertiary/aromatic N) is 1. The van der Waals surface area contributed by atoms with E-state index in [1.54, 1.807) is 0 Å². The fraction of sp³-hybridized carbons (Fsp3) is 0.529. The maximum absolute atomic E-state index is 12.1. The molecule has 3 N–H and O–H groups in total. The van der Waals surface area contributed by atoms with Crippen LogP contribution in [0.3, 0.4) is 0 Å². The molecular weight excluding hydrogens is 308 g/mol. The van der Waals surface area contributed by atoms with Crippen LogP contribution in [0.1, 0.15) is 18.4 Å². The van der Waals surface area contributed by atoms with Gasteiger partial charge in [0.1, 0.15) is 6.04 Å². The van der Waals surface area contributed by atoms with Crippen molar-refractivity contribution in [2.75, 3.05) is 38.2 Å². The van der Waals surface area contributed by atoms with E-state index in [1.807, 2.05) is 29.2 Å². The Bertz CT molecular complexity index is 581. The summed E-state index contributed by atoms with van der Waals surface area (Å²) in [7, 11) is 0. The molecule has 0 aromatic heterocycles. The van der Waals surface area contributed by atoms with Gasteiger partial charge in [-0.1, -0.05) is 12.1 Å². The van der Waals surface area contributed by atoms with E-state index < -0.39 is 0 Å². The molecule has 0 aliphatic carbocycles. The Morgan fingerprint density at radius 2 is 2.12 bits per heavy atom. The Kier molecular flexibility index (Phi) is 5.66. The first-order valence-corrected chi connectivity index (χ1v) is 8.46. The highest BCUT2D eigenvalue weighted by Gasteiger charge is 2.21. The second-order valence-electron chi connectivity index (χ2n) is 6.12. The van der Waals surface area contributed by atoms with Crippen molar-refractivity contribution in [3.8, 4) is 0 Å². The lowest BCUT2D eigenvalue weighted by Gasteiger charge is -2.23. The molecule has 7 nitrogen and oxygen atoms in total. The zero-order valence-corrected chi connectivity index (χ0v) is 13.7. The standard InChI is InChI=1S/C17H24N4O3/c22-16(15-12-24-9-6-18-15)19-11-13-4-3-5-14(10-13)20-17(23)21-7-1-2-8-21/h3-5,10,15,18H,1-2,6-9,11-12H2,(H,19,22)(H,20,23). The summed E-state index contributed by atoms with van der Waals surface area (Å²) in [6.45, 7) is 3.79. The van der Waals surface area contributed by atoms with Crippen LogP contribution in [0, 0.1) is 0 Å². The molecule has 1 atom stereocenters. The van der Waals surface area contributed by atoms with Gasteiger partial charge in [0.2, 0.25) is 5.91 Å². The number of nitrogens with one attached hydrogen (secondary N) is 3. The molecule has 1 aromatic carbocycles. The number of amides is 3. The Labute approximate surface area is 141 Å². The summed E-state index contributed by atoms with van der Waals surface area (Å²) >= 11 is 0. The third kappa shape index (κ3) is 4.46. The molecule has 3 amide bonds. The van der Waals surface area contributed by atoms with E-state index in [2.05, 4.69) is 16.0 Å². The van der Waals surface area contributed by atoms with Crippen LogP contribution in [0.4, 0.5) is 10.5 Å². The number of benzene rings is 1. The van der Waals surface area contributed by atoms with Gasteiger partial charge >= 0.3 is 6.03 Å². The Morgan fingerprint density at radius 3 is 2.88 bits per heavy atom. The van der Waals surface area contributed by atoms with E-state index in [-0.39, 0.29) is 18.0 Å². The van der Waals surface area contributed by atoms with E-state index in [0.717, 1.165) is 37.2 Å². The molecule has 2 heterocycles. The minimum Gasteiger partial charge on any atom is -0.378 e. The fourth-order valence-electron chi connectivity index (χ4n) is 2.93. The molecule has 1 aromatic rings. The van der Waals surface area contributed by atoms with Crippen LogP contribution in [0.25, 0.3) is 0 Å². The molecule has 130 valence electrons. The number of carbonyl (C=O) groups excluding carboxylic acids is 2. The number of urea groups is 1. The van der Waals surface area contributed by atoms with Crippen LogP contribution in [0.5, 0.6) is 0 Å². The summed E-state index contributed by atoms with van der Waals surface area (Å²) in [6, 6.07) is 7.20. The van der Waals surface area contributed by atoms with Gasteiger partial charge in [-0.25, -0.2) is 4.79 Å². The van der Waals surface area contributed by atoms with E-state index >= 15 is 0 Å². The molecule has 0 spiro atoms. The van der Waals surface area contributed by atoms with Gasteiger partial charge in [-0.3, -0.25) is 4.79 Å². The molecule has 0 saturated carbocycles. The van der Waals surface area contributed by atoms with Gasteiger partial charge < -0.3 is 25.6 Å². The van der Waals surface area contributed by atoms with Crippen molar-refractivity contribution >= 4 is 17.6 Å². The summed E-state index contributed by atoms with van der Waals surface area (Å²) < 4.78 is 5.29. The lowest BCUT2D eigenvalue weighted by Crippen LogP contribution is -2.51. The average Bonchev–Trinajstić information content (AvgIpc) is 3.15. The predicted octanol–water partition coefficient (Wildman–Crippen LogP) is 0.919. The van der Waals surface area contributed by atoms with Crippen molar-refractivity contribution in [2.24, 2.45) is 0 Å². The first kappa shape index (κ1) is 16.7. The SMILES string of the molecule is O=C(NCc1cccc(NC(=O)N2CCCC2)c1)C1COCCN1. The number of carbonyl (C=O) groups is 2. The quantitative estimate of drug-likeness (QED) is 0.766. The summed E-state index contributed by atoms with van der Waals surface area (Å²) in [6.07, 6.45) is 2.14. The summed E-state index contributed by atoms with van der Waals surface area (Å²) in [5, 5.41) is 8.94. The van der Waals surface area contributed by atoms with Crippen molar-refractivity contribution in [1.82, 2.24) is 15.5 Å². The van der Waals surface area contributed by atoms with Gasteiger partial charge in [-0.05, 0) is 30.5 Å². The van der Waals surface area contributed by atoms with E-state index in [0.29, 0.717) is 26.3 Å². The molecule has 7 heteroatoms. The summed E-state index contributed by atoms with van der Waals surface area (Å²) in [5.41, 5.74) is 1.69. The smallest absolute Gasteiger partial charge is 0.321 e. The first-order valence-electron chi connectivity index (χ1n) is 8.46. The Morgan fingerprint density at radius 1 is 1.29 bits per heavy atom. The first-order chi connectivity index (χ1) is 11.7. The van der Waals surface area contributed by atoms with Gasteiger partial charge in [0.15, 0.2) is 0 Å². The highest BCUT2D eigenvalue weighted by Crippen LogP contribution is 2.14. The van der Waals surface area contributed by atoms with Crippen molar-refractivity contribution in [2.45, 2.75) is 25.4 Å². The fourth-order valence-corrected chi connectivity index (χ4v) is 2.93. The largest absolute Gasteiger partial charge is 0.378 e. The zero-order chi connectivity index (χ0) is 16.8. The van der Waals surface area contributed by atoms with Gasteiger partial charge in [0.25, 0.3) is 0 Å². The number of morpholine rings is 1. The number of ether oxygens (including phenoxy) is 1. The highest BCUT2D eigenvalue weighted by molar-refractivity contribution is 5.89. The molecule has 2 aliphatic heterocycles. The number of hydrogen-bond acceptors (Lipinski definition) is 4. The van der Waals surface area contributed by atoms with Crippen molar-refractivity contribution in [3.05, 3.63) is 29.8 Å². The van der Waals surface area contributed by atoms with Crippen LogP contribution in [0.15, 0.2) is 24.3 Å². The van der Waals surface area contributed by atoms with Gasteiger partial charge in [0.05, 0.1) is 13.2 Å². The Balaban J connectivity index is 1.51. The monoisotopic (exact) mass is 332 g/mol. The third-order valence-corrected chi connectivity index (χ3v) is 4.28. The topological polar surface area (TPSA) is 82.7 Å². The summed E-state index contributed by atoms with van der Waals surface area (Å²) in [5.74, 6) is -0.0683. The van der Waals surface area contributed by atoms with Gasteiger partial charge in [-0.15, -0.1) is 0 Å². The molecule has 2 fully saturated rings. The highest BCUT2D eigenvalue weighted by atomic mass is 16.5. The van der Waals surface area contributed by atoms with Crippen molar-refractivity contribution < 1.29 is 14.3 Å². The van der Waals surface area contributed by atoms with Crippen LogP contribution in [0.2, 0.25) is 0 Å². The maximum atomic E-state index is 12.1. The zero-order valence-electron chi connectivity index (χ0n) is 13.7. The molecule has 2 saturated heterocycles. The molecule has 2 aliphatic rings. The number of anilines is 1. The van der Waals surface area contributed by atoms with Crippen LogP contribution in [-0.2, 0) is 16.1 Å². The van der Waals surface area contributed by atoms with Gasteiger partial charge in [0, 0.05) is 31.9 Å². The predicted molar refractivity (Wildman–Crippen MR) is 90.7 cm³/mol. The van der Waals surface area contributed by atoms with Crippen LogP contribution in [-0.4, -0.2) is 55.7 Å². The van der Waals surface area contributed by atoms with Crippen molar-refractivity contribution in [1.29, 1.82) is 0 Å². The molecule has 0 bridgehead atoms. The van der Waals surface area contributed by atoms with E-state index in [9.17, 15) is 9.59 Å². The van der Waals surface area contributed by atoms with E-state index in [1.165, 1.54) is 0 Å². The number of hydrogen-bond donors (Lipinski definition) is 3. The molecule has 0 radical (unpaired) electrons. The number of rotatable bonds is 4. The molecule has 24 heavy (non-hydrogen) atoms. The second-order valence-corrected chi connectivity index (χ2v) is 6.12. The Hall–Kier alpha value is -2.12. The third-order valence-electron chi connectivity index (χ3n) is 4.28.